The fourth-order valence-electron chi connectivity index (χ4n) is 3.01. The highest BCUT2D eigenvalue weighted by Crippen LogP contribution is 2.24. The van der Waals surface area contributed by atoms with E-state index in [2.05, 4.69) is 16.2 Å². The molecule has 0 aliphatic heterocycles. The van der Waals surface area contributed by atoms with E-state index in [1.165, 1.54) is 11.3 Å². The minimum absolute atomic E-state index is 0.121. The average Bonchev–Trinajstić information content (AvgIpc) is 3.41. The Morgan fingerprint density at radius 3 is 2.33 bits per heavy atom. The zero-order valence-electron chi connectivity index (χ0n) is 15.9. The first-order valence-corrected chi connectivity index (χ1v) is 9.95. The van der Waals surface area contributed by atoms with Gasteiger partial charge in [0.1, 0.15) is 5.58 Å². The van der Waals surface area contributed by atoms with Crippen LogP contribution in [-0.4, -0.2) is 17.7 Å². The number of hydrogen-bond acceptors (Lipinski definition) is 5. The number of carbonyl (C=O) groups is 3. The first kappa shape index (κ1) is 19.4. The van der Waals surface area contributed by atoms with Gasteiger partial charge in [-0.15, -0.1) is 11.3 Å². The van der Waals surface area contributed by atoms with Gasteiger partial charge in [-0.05, 0) is 36.6 Å². The van der Waals surface area contributed by atoms with Crippen LogP contribution in [0.3, 0.4) is 0 Å². The maximum Gasteiger partial charge on any atom is 0.305 e. The van der Waals surface area contributed by atoms with E-state index in [0.717, 1.165) is 5.39 Å². The van der Waals surface area contributed by atoms with Gasteiger partial charge in [-0.25, -0.2) is 0 Å². The topological polar surface area (TPSA) is 100 Å². The quantitative estimate of drug-likeness (QED) is 0.433. The Balaban J connectivity index is 1.47. The molecule has 0 spiro atoms. The van der Waals surface area contributed by atoms with Gasteiger partial charge < -0.3 is 9.73 Å². The lowest BCUT2D eigenvalue weighted by molar-refractivity contribution is 0.0832. The van der Waals surface area contributed by atoms with Gasteiger partial charge in [0.05, 0.1) is 16.1 Å². The molecule has 0 saturated carbocycles. The monoisotopic (exact) mass is 419 g/mol. The number of hydrazine groups is 1. The van der Waals surface area contributed by atoms with Crippen molar-refractivity contribution in [3.63, 3.8) is 0 Å². The summed E-state index contributed by atoms with van der Waals surface area (Å²) in [6, 6.07) is 17.3. The molecule has 3 N–H and O–H groups in total. The van der Waals surface area contributed by atoms with E-state index in [-0.39, 0.29) is 17.2 Å². The second-order valence-corrected chi connectivity index (χ2v) is 7.39. The summed E-state index contributed by atoms with van der Waals surface area (Å²) in [4.78, 5) is 38.0. The van der Waals surface area contributed by atoms with Crippen molar-refractivity contribution in [2.75, 3.05) is 5.32 Å². The first-order chi connectivity index (χ1) is 14.5. The lowest BCUT2D eigenvalue weighted by Gasteiger charge is -2.11. The Morgan fingerprint density at radius 1 is 0.833 bits per heavy atom. The number of fused-ring (bicyclic) bond motifs is 1. The molecule has 8 heteroatoms. The van der Waals surface area contributed by atoms with Gasteiger partial charge in [-0.1, -0.05) is 36.4 Å². The Kier molecular flexibility index (Phi) is 5.32. The lowest BCUT2D eigenvalue weighted by Crippen LogP contribution is -2.42. The summed E-state index contributed by atoms with van der Waals surface area (Å²) in [6.07, 6.45) is 0. The zero-order chi connectivity index (χ0) is 21.1. The van der Waals surface area contributed by atoms with Crippen molar-refractivity contribution >= 4 is 45.7 Å². The number of anilines is 1. The summed E-state index contributed by atoms with van der Waals surface area (Å²) in [5.74, 6) is -1.33. The summed E-state index contributed by atoms with van der Waals surface area (Å²) in [6.45, 7) is 1.78. The normalized spacial score (nSPS) is 10.6. The molecule has 0 saturated heterocycles. The molecule has 0 atom stereocenters. The fraction of sp³-hybridized carbons (Fsp3) is 0.0455. The van der Waals surface area contributed by atoms with Crippen LogP contribution in [0.2, 0.25) is 0 Å². The second kappa shape index (κ2) is 8.22. The number of aryl methyl sites for hydroxylation is 1. The van der Waals surface area contributed by atoms with Gasteiger partial charge in [0.2, 0.25) is 0 Å². The summed E-state index contributed by atoms with van der Waals surface area (Å²) >= 11 is 1.30. The van der Waals surface area contributed by atoms with Crippen molar-refractivity contribution in [2.24, 2.45) is 0 Å². The number of furan rings is 1. The van der Waals surface area contributed by atoms with E-state index >= 15 is 0 Å². The third-order valence-electron chi connectivity index (χ3n) is 4.50. The minimum atomic E-state index is -0.572. The molecular weight excluding hydrogens is 402 g/mol. The van der Waals surface area contributed by atoms with E-state index in [0.29, 0.717) is 21.7 Å². The number of benzene rings is 2. The van der Waals surface area contributed by atoms with Crippen molar-refractivity contribution in [3.05, 3.63) is 87.8 Å². The van der Waals surface area contributed by atoms with Crippen LogP contribution in [0, 0.1) is 6.92 Å². The summed E-state index contributed by atoms with van der Waals surface area (Å²) in [7, 11) is 0. The highest BCUT2D eigenvalue weighted by atomic mass is 32.1. The molecule has 0 bridgehead atoms. The van der Waals surface area contributed by atoms with Gasteiger partial charge in [-0.2, -0.15) is 0 Å². The van der Waals surface area contributed by atoms with Crippen LogP contribution in [0.15, 0.2) is 70.5 Å². The van der Waals surface area contributed by atoms with Crippen LogP contribution in [-0.2, 0) is 0 Å². The number of thiophene rings is 1. The second-order valence-electron chi connectivity index (χ2n) is 6.44. The van der Waals surface area contributed by atoms with Crippen LogP contribution >= 0.6 is 11.3 Å². The molecule has 2 aromatic carbocycles. The van der Waals surface area contributed by atoms with Crippen molar-refractivity contribution in [1.82, 2.24) is 10.9 Å². The standard InChI is InChI=1S/C22H17N3O4S/c1-13-14-7-3-5-10-17(14)29-19(13)22(28)25-24-20(26)15-8-2-4-9-16(15)23-21(27)18-11-6-12-30-18/h2-12H,1H3,(H,23,27)(H,24,26)(H,25,28). The molecule has 150 valence electrons. The predicted octanol–water partition coefficient (Wildman–Crippen LogP) is 4.13. The third kappa shape index (κ3) is 3.81. The Labute approximate surface area is 175 Å². The minimum Gasteiger partial charge on any atom is -0.451 e. The van der Waals surface area contributed by atoms with Crippen molar-refractivity contribution in [3.8, 4) is 0 Å². The van der Waals surface area contributed by atoms with E-state index in [4.69, 9.17) is 4.42 Å². The maximum atomic E-state index is 12.6. The van der Waals surface area contributed by atoms with Gasteiger partial charge in [0.15, 0.2) is 5.76 Å². The molecule has 2 heterocycles. The van der Waals surface area contributed by atoms with Gasteiger partial charge in [-0.3, -0.25) is 25.2 Å². The smallest absolute Gasteiger partial charge is 0.305 e. The highest BCUT2D eigenvalue weighted by Gasteiger charge is 2.19. The number of para-hydroxylation sites is 2. The number of rotatable bonds is 4. The van der Waals surface area contributed by atoms with Gasteiger partial charge >= 0.3 is 5.91 Å². The number of carbonyl (C=O) groups excluding carboxylic acids is 3. The van der Waals surface area contributed by atoms with Crippen LogP contribution in [0.1, 0.15) is 36.1 Å². The SMILES string of the molecule is Cc1c(C(=O)NNC(=O)c2ccccc2NC(=O)c2cccs2)oc2ccccc12. The molecule has 4 aromatic rings. The molecular formula is C22H17N3O4S. The maximum absolute atomic E-state index is 12.6. The van der Waals surface area contributed by atoms with Crippen LogP contribution in [0.5, 0.6) is 0 Å². The molecule has 30 heavy (non-hydrogen) atoms. The first-order valence-electron chi connectivity index (χ1n) is 9.07. The summed E-state index contributed by atoms with van der Waals surface area (Å²) in [5.41, 5.74) is 6.55. The van der Waals surface area contributed by atoms with Gasteiger partial charge in [0, 0.05) is 10.9 Å². The number of amides is 3. The van der Waals surface area contributed by atoms with E-state index in [1.54, 1.807) is 54.8 Å². The molecule has 7 nitrogen and oxygen atoms in total. The fourth-order valence-corrected chi connectivity index (χ4v) is 3.63. The zero-order valence-corrected chi connectivity index (χ0v) is 16.7. The molecule has 3 amide bonds. The number of nitrogens with one attached hydrogen (secondary N) is 3. The predicted molar refractivity (Wildman–Crippen MR) is 115 cm³/mol. The van der Waals surface area contributed by atoms with Crippen LogP contribution in [0.4, 0.5) is 5.69 Å². The van der Waals surface area contributed by atoms with Crippen molar-refractivity contribution in [2.45, 2.75) is 6.92 Å². The summed E-state index contributed by atoms with van der Waals surface area (Å²) in [5, 5.41) is 5.34. The van der Waals surface area contributed by atoms with Crippen LogP contribution in [0.25, 0.3) is 11.0 Å². The molecule has 0 fully saturated rings. The molecule has 0 aliphatic rings. The molecule has 4 rings (SSSR count). The lowest BCUT2D eigenvalue weighted by atomic mass is 10.1. The van der Waals surface area contributed by atoms with Crippen molar-refractivity contribution in [1.29, 1.82) is 0 Å². The molecule has 0 radical (unpaired) electrons. The largest absolute Gasteiger partial charge is 0.451 e. The molecule has 2 aromatic heterocycles. The molecule has 0 unspecified atom stereocenters. The van der Waals surface area contributed by atoms with E-state index in [1.807, 2.05) is 18.2 Å². The summed E-state index contributed by atoms with van der Waals surface area (Å²) < 4.78 is 5.60. The van der Waals surface area contributed by atoms with E-state index < -0.39 is 11.8 Å². The number of hydrogen-bond donors (Lipinski definition) is 3. The van der Waals surface area contributed by atoms with Crippen LogP contribution < -0.4 is 16.2 Å². The van der Waals surface area contributed by atoms with Crippen molar-refractivity contribution < 1.29 is 18.8 Å². The third-order valence-corrected chi connectivity index (χ3v) is 5.37. The molecule has 0 aliphatic carbocycles. The Bertz CT molecular complexity index is 1240. The average molecular weight is 419 g/mol. The highest BCUT2D eigenvalue weighted by molar-refractivity contribution is 7.12. The Hall–Kier alpha value is -3.91. The van der Waals surface area contributed by atoms with Gasteiger partial charge in [0.25, 0.3) is 11.8 Å². The van der Waals surface area contributed by atoms with E-state index in [9.17, 15) is 14.4 Å². The Morgan fingerprint density at radius 2 is 1.57 bits per heavy atom.